The van der Waals surface area contributed by atoms with E-state index < -0.39 is 0 Å². The van der Waals surface area contributed by atoms with E-state index in [1.807, 2.05) is 31.2 Å². The number of hydrogen-bond donors (Lipinski definition) is 1. The van der Waals surface area contributed by atoms with E-state index in [1.165, 1.54) is 0 Å². The van der Waals surface area contributed by atoms with Crippen molar-refractivity contribution in [3.63, 3.8) is 0 Å². The Hall–Kier alpha value is -1.10. The molecule has 0 aromatic heterocycles. The fourth-order valence-electron chi connectivity index (χ4n) is 1.74. The van der Waals surface area contributed by atoms with Crippen LogP contribution >= 0.6 is 0 Å². The molecular weight excluding hydrogens is 242 g/mol. The molecule has 0 spiro atoms. The molecule has 0 aliphatic heterocycles. The third kappa shape index (κ3) is 6.05. The first-order chi connectivity index (χ1) is 9.29. The molecule has 1 rings (SSSR count). The molecule has 19 heavy (non-hydrogen) atoms. The van der Waals surface area contributed by atoms with E-state index in [0.717, 1.165) is 24.3 Å². The Kier molecular flexibility index (Phi) is 8.21. The molecule has 4 heteroatoms. The Bertz CT molecular complexity index is 344. The summed E-state index contributed by atoms with van der Waals surface area (Å²) in [5, 5.41) is 0. The van der Waals surface area contributed by atoms with Gasteiger partial charge in [-0.05, 0) is 19.4 Å². The van der Waals surface area contributed by atoms with Crippen LogP contribution in [0.25, 0.3) is 0 Å². The van der Waals surface area contributed by atoms with Crippen LogP contribution in [-0.4, -0.2) is 33.0 Å². The maximum Gasteiger partial charge on any atom is 0.124 e. The van der Waals surface area contributed by atoms with Gasteiger partial charge in [-0.1, -0.05) is 25.1 Å². The summed E-state index contributed by atoms with van der Waals surface area (Å²) in [4.78, 5) is 0. The molecule has 0 aliphatic rings. The summed E-state index contributed by atoms with van der Waals surface area (Å²) < 4.78 is 16.4. The van der Waals surface area contributed by atoms with Gasteiger partial charge in [-0.2, -0.15) is 0 Å². The predicted octanol–water partition coefficient (Wildman–Crippen LogP) is 2.53. The van der Waals surface area contributed by atoms with Gasteiger partial charge >= 0.3 is 0 Å². The van der Waals surface area contributed by atoms with Crippen LogP contribution in [-0.2, 0) is 9.47 Å². The minimum Gasteiger partial charge on any atom is -0.494 e. The maximum atomic E-state index is 6.12. The van der Waals surface area contributed by atoms with Gasteiger partial charge in [-0.25, -0.2) is 0 Å². The monoisotopic (exact) mass is 267 g/mol. The van der Waals surface area contributed by atoms with Gasteiger partial charge in [0.15, 0.2) is 0 Å². The fourth-order valence-corrected chi connectivity index (χ4v) is 1.74. The number of ether oxygens (including phenoxy) is 3. The van der Waals surface area contributed by atoms with Crippen LogP contribution in [0, 0.1) is 0 Å². The molecule has 1 aromatic carbocycles. The van der Waals surface area contributed by atoms with Gasteiger partial charge in [0, 0.05) is 12.2 Å². The van der Waals surface area contributed by atoms with Gasteiger partial charge in [0.1, 0.15) is 5.75 Å². The summed E-state index contributed by atoms with van der Waals surface area (Å²) in [5.74, 6) is 0.836. The summed E-state index contributed by atoms with van der Waals surface area (Å²) >= 11 is 0. The number of para-hydroxylation sites is 1. The summed E-state index contributed by atoms with van der Waals surface area (Å²) in [6.07, 6.45) is 1.03. The number of benzene rings is 1. The van der Waals surface area contributed by atoms with Crippen LogP contribution in [0.5, 0.6) is 5.75 Å². The van der Waals surface area contributed by atoms with Gasteiger partial charge in [0.25, 0.3) is 0 Å². The van der Waals surface area contributed by atoms with Crippen LogP contribution in [0.2, 0.25) is 0 Å². The Morgan fingerprint density at radius 1 is 1.05 bits per heavy atom. The van der Waals surface area contributed by atoms with E-state index >= 15 is 0 Å². The SMILES string of the molecule is CCCOCCOCC(N)c1ccccc1OCC. The smallest absolute Gasteiger partial charge is 0.124 e. The average molecular weight is 267 g/mol. The number of rotatable bonds is 10. The minimum absolute atomic E-state index is 0.172. The van der Waals surface area contributed by atoms with Gasteiger partial charge in [0.05, 0.1) is 32.5 Å². The summed E-state index contributed by atoms with van der Waals surface area (Å²) in [6, 6.07) is 7.65. The first-order valence-electron chi connectivity index (χ1n) is 6.92. The highest BCUT2D eigenvalue weighted by molar-refractivity contribution is 5.35. The Labute approximate surface area is 115 Å². The van der Waals surface area contributed by atoms with Gasteiger partial charge in [0.2, 0.25) is 0 Å². The zero-order valence-electron chi connectivity index (χ0n) is 11.9. The molecule has 2 N–H and O–H groups in total. The van der Waals surface area contributed by atoms with Gasteiger partial charge in [-0.3, -0.25) is 0 Å². The molecule has 0 amide bonds. The normalized spacial score (nSPS) is 12.4. The number of hydrogen-bond acceptors (Lipinski definition) is 4. The predicted molar refractivity (Wildman–Crippen MR) is 76.5 cm³/mol. The van der Waals surface area contributed by atoms with Crippen LogP contribution in [0.4, 0.5) is 0 Å². The highest BCUT2D eigenvalue weighted by Crippen LogP contribution is 2.23. The van der Waals surface area contributed by atoms with E-state index in [2.05, 4.69) is 6.92 Å². The fraction of sp³-hybridized carbons (Fsp3) is 0.600. The summed E-state index contributed by atoms with van der Waals surface area (Å²) in [5.41, 5.74) is 7.11. The van der Waals surface area contributed by atoms with Crippen molar-refractivity contribution in [2.45, 2.75) is 26.3 Å². The van der Waals surface area contributed by atoms with E-state index in [4.69, 9.17) is 19.9 Å². The van der Waals surface area contributed by atoms with Crippen molar-refractivity contribution in [3.8, 4) is 5.75 Å². The molecule has 1 aromatic rings. The second kappa shape index (κ2) is 9.78. The van der Waals surface area contributed by atoms with Crippen molar-refractivity contribution in [2.24, 2.45) is 5.73 Å². The van der Waals surface area contributed by atoms with E-state index in [9.17, 15) is 0 Å². The van der Waals surface area contributed by atoms with E-state index in [0.29, 0.717) is 26.4 Å². The van der Waals surface area contributed by atoms with Crippen molar-refractivity contribution in [1.29, 1.82) is 0 Å². The highest BCUT2D eigenvalue weighted by atomic mass is 16.5. The lowest BCUT2D eigenvalue weighted by Gasteiger charge is -2.16. The lowest BCUT2D eigenvalue weighted by atomic mass is 10.1. The van der Waals surface area contributed by atoms with Crippen LogP contribution in [0.3, 0.4) is 0 Å². The molecule has 0 radical (unpaired) electrons. The second-order valence-electron chi connectivity index (χ2n) is 4.26. The lowest BCUT2D eigenvalue weighted by molar-refractivity contribution is 0.0426. The standard InChI is InChI=1S/C15H25NO3/c1-3-9-17-10-11-18-12-14(16)13-7-5-6-8-15(13)19-4-2/h5-8,14H,3-4,9-12,16H2,1-2H3. The first-order valence-corrected chi connectivity index (χ1v) is 6.92. The molecule has 1 unspecified atom stereocenters. The lowest BCUT2D eigenvalue weighted by Crippen LogP contribution is -2.19. The quantitative estimate of drug-likeness (QED) is 0.662. The topological polar surface area (TPSA) is 53.7 Å². The van der Waals surface area contributed by atoms with Crippen molar-refractivity contribution >= 4 is 0 Å². The summed E-state index contributed by atoms with van der Waals surface area (Å²) in [6.45, 7) is 7.13. The molecule has 4 nitrogen and oxygen atoms in total. The summed E-state index contributed by atoms with van der Waals surface area (Å²) in [7, 11) is 0. The molecule has 0 aliphatic carbocycles. The molecule has 108 valence electrons. The van der Waals surface area contributed by atoms with Gasteiger partial charge < -0.3 is 19.9 Å². The minimum atomic E-state index is -0.172. The largest absolute Gasteiger partial charge is 0.494 e. The first kappa shape index (κ1) is 16.0. The zero-order valence-corrected chi connectivity index (χ0v) is 11.9. The average Bonchev–Trinajstić information content (AvgIpc) is 2.43. The van der Waals surface area contributed by atoms with E-state index in [-0.39, 0.29) is 6.04 Å². The van der Waals surface area contributed by atoms with Crippen LogP contribution in [0.1, 0.15) is 31.9 Å². The molecule has 0 heterocycles. The number of nitrogens with two attached hydrogens (primary N) is 1. The molecule has 1 atom stereocenters. The second-order valence-corrected chi connectivity index (χ2v) is 4.26. The molecule has 0 saturated heterocycles. The van der Waals surface area contributed by atoms with E-state index in [1.54, 1.807) is 0 Å². The van der Waals surface area contributed by atoms with Crippen molar-refractivity contribution < 1.29 is 14.2 Å². The maximum absolute atomic E-state index is 6.12. The van der Waals surface area contributed by atoms with Crippen LogP contribution < -0.4 is 10.5 Å². The van der Waals surface area contributed by atoms with Crippen molar-refractivity contribution in [1.82, 2.24) is 0 Å². The molecule has 0 saturated carbocycles. The van der Waals surface area contributed by atoms with Crippen LogP contribution in [0.15, 0.2) is 24.3 Å². The Morgan fingerprint density at radius 3 is 2.53 bits per heavy atom. The van der Waals surface area contributed by atoms with Crippen molar-refractivity contribution in [3.05, 3.63) is 29.8 Å². The Morgan fingerprint density at radius 2 is 1.79 bits per heavy atom. The third-order valence-electron chi connectivity index (χ3n) is 2.64. The van der Waals surface area contributed by atoms with Crippen molar-refractivity contribution in [2.75, 3.05) is 33.0 Å². The molecule has 0 bridgehead atoms. The molecular formula is C15H25NO3. The molecule has 0 fully saturated rings. The third-order valence-corrected chi connectivity index (χ3v) is 2.64. The highest BCUT2D eigenvalue weighted by Gasteiger charge is 2.11. The Balaban J connectivity index is 2.34. The zero-order chi connectivity index (χ0) is 13.9. The van der Waals surface area contributed by atoms with Gasteiger partial charge in [-0.15, -0.1) is 0 Å².